The second-order valence-electron chi connectivity index (χ2n) is 11.6. The summed E-state index contributed by atoms with van der Waals surface area (Å²) in [6, 6.07) is 24.1. The number of hydrogen-bond donors (Lipinski definition) is 0. The lowest BCUT2D eigenvalue weighted by Gasteiger charge is -2.58. The number of hydrogen-bond acceptors (Lipinski definition) is 2. The van der Waals surface area contributed by atoms with Gasteiger partial charge in [-0.25, -0.2) is 0 Å². The lowest BCUT2D eigenvalue weighted by molar-refractivity contribution is -0.220. The van der Waals surface area contributed by atoms with E-state index in [4.69, 9.17) is 9.47 Å². The van der Waals surface area contributed by atoms with E-state index in [1.54, 1.807) is 0 Å². The zero-order valence-electron chi connectivity index (χ0n) is 20.7. The molecule has 4 fully saturated rings. The SMILES string of the molecule is CCC(C)c1ccc(OC(OCc2ccc3ccccc3c2)C23CC4CC(CC(C4)C2)C3)cc1. The van der Waals surface area contributed by atoms with Crippen molar-refractivity contribution < 1.29 is 9.47 Å². The molecule has 2 nitrogen and oxygen atoms in total. The lowest BCUT2D eigenvalue weighted by atomic mass is 9.49. The average Bonchev–Trinajstić information content (AvgIpc) is 2.85. The van der Waals surface area contributed by atoms with Crippen LogP contribution in [0.5, 0.6) is 5.75 Å². The maximum absolute atomic E-state index is 6.75. The van der Waals surface area contributed by atoms with Gasteiger partial charge in [0.05, 0.1) is 6.61 Å². The van der Waals surface area contributed by atoms with Gasteiger partial charge >= 0.3 is 0 Å². The summed E-state index contributed by atoms with van der Waals surface area (Å²) in [5, 5.41) is 2.55. The molecule has 178 valence electrons. The van der Waals surface area contributed by atoms with Gasteiger partial charge in [-0.15, -0.1) is 0 Å². The Kier molecular flexibility index (Phi) is 5.89. The molecule has 4 aliphatic rings. The minimum Gasteiger partial charge on any atom is -0.464 e. The Labute approximate surface area is 204 Å². The fourth-order valence-electron chi connectivity index (χ4n) is 7.54. The van der Waals surface area contributed by atoms with Crippen LogP contribution in [0.15, 0.2) is 66.7 Å². The Morgan fingerprint density at radius 2 is 1.47 bits per heavy atom. The average molecular weight is 455 g/mol. The highest BCUT2D eigenvalue weighted by molar-refractivity contribution is 5.82. The maximum Gasteiger partial charge on any atom is 0.205 e. The Morgan fingerprint density at radius 3 is 2.12 bits per heavy atom. The van der Waals surface area contributed by atoms with Crippen molar-refractivity contribution >= 4 is 10.8 Å². The molecular formula is C32H38O2. The van der Waals surface area contributed by atoms with Gasteiger partial charge in [-0.05, 0) is 109 Å². The van der Waals surface area contributed by atoms with Gasteiger partial charge in [-0.3, -0.25) is 0 Å². The Bertz CT molecular complexity index is 1100. The van der Waals surface area contributed by atoms with E-state index in [2.05, 4.69) is 80.6 Å². The molecule has 0 N–H and O–H groups in total. The first-order valence-electron chi connectivity index (χ1n) is 13.5. The van der Waals surface area contributed by atoms with Gasteiger partial charge in [-0.1, -0.05) is 62.4 Å². The zero-order chi connectivity index (χ0) is 23.1. The predicted molar refractivity (Wildman–Crippen MR) is 139 cm³/mol. The molecule has 0 aliphatic heterocycles. The van der Waals surface area contributed by atoms with Gasteiger partial charge in [0.1, 0.15) is 5.75 Å². The second kappa shape index (κ2) is 9.04. The molecule has 0 aromatic heterocycles. The highest BCUT2D eigenvalue weighted by Gasteiger charge is 2.56. The van der Waals surface area contributed by atoms with Crippen molar-refractivity contribution in [2.45, 2.75) is 77.6 Å². The third kappa shape index (κ3) is 4.26. The summed E-state index contributed by atoms with van der Waals surface area (Å²) in [7, 11) is 0. The first-order valence-corrected chi connectivity index (χ1v) is 13.5. The Morgan fingerprint density at radius 1 is 0.824 bits per heavy atom. The third-order valence-electron chi connectivity index (χ3n) is 9.11. The minimum absolute atomic E-state index is 0.168. The topological polar surface area (TPSA) is 18.5 Å². The monoisotopic (exact) mass is 454 g/mol. The van der Waals surface area contributed by atoms with E-state index in [-0.39, 0.29) is 11.7 Å². The quantitative estimate of drug-likeness (QED) is 0.318. The molecule has 34 heavy (non-hydrogen) atoms. The third-order valence-corrected chi connectivity index (χ3v) is 9.11. The first-order chi connectivity index (χ1) is 16.6. The number of ether oxygens (including phenoxy) is 2. The van der Waals surface area contributed by atoms with Crippen LogP contribution in [0.3, 0.4) is 0 Å². The molecule has 2 heteroatoms. The van der Waals surface area contributed by atoms with E-state index < -0.39 is 0 Å². The van der Waals surface area contributed by atoms with Crippen LogP contribution in [0.1, 0.15) is 75.8 Å². The van der Waals surface area contributed by atoms with Crippen molar-refractivity contribution in [1.29, 1.82) is 0 Å². The van der Waals surface area contributed by atoms with E-state index in [1.807, 2.05) is 0 Å². The second-order valence-corrected chi connectivity index (χ2v) is 11.6. The maximum atomic E-state index is 6.75. The smallest absolute Gasteiger partial charge is 0.205 e. The van der Waals surface area contributed by atoms with E-state index in [1.165, 1.54) is 60.4 Å². The molecule has 4 aliphatic carbocycles. The summed E-state index contributed by atoms with van der Waals surface area (Å²) >= 11 is 0. The standard InChI is InChI=1S/C32H38O2/c1-3-22(2)27-10-12-30(13-11-27)34-31(32-18-24-14-25(19-32)16-26(15-24)20-32)33-21-23-8-9-28-6-4-5-7-29(28)17-23/h4-13,17,22,24-26,31H,3,14-16,18-21H2,1-2H3. The number of benzene rings is 3. The molecule has 3 aromatic rings. The van der Waals surface area contributed by atoms with E-state index in [9.17, 15) is 0 Å². The molecule has 0 amide bonds. The van der Waals surface area contributed by atoms with Crippen LogP contribution in [-0.4, -0.2) is 6.29 Å². The highest BCUT2D eigenvalue weighted by atomic mass is 16.7. The Balaban J connectivity index is 1.25. The first kappa shape index (κ1) is 22.2. The summed E-state index contributed by atoms with van der Waals surface area (Å²) in [6.07, 6.45) is 9.08. The summed E-state index contributed by atoms with van der Waals surface area (Å²) < 4.78 is 13.5. The van der Waals surface area contributed by atoms with E-state index >= 15 is 0 Å². The molecule has 2 unspecified atom stereocenters. The van der Waals surface area contributed by atoms with Gasteiger partial charge in [0, 0.05) is 5.41 Å². The highest BCUT2D eigenvalue weighted by Crippen LogP contribution is 2.62. The van der Waals surface area contributed by atoms with Gasteiger partial charge in [0.2, 0.25) is 6.29 Å². The summed E-state index contributed by atoms with van der Waals surface area (Å²) in [6.45, 7) is 5.14. The normalized spacial score (nSPS) is 29.3. The van der Waals surface area contributed by atoms with Gasteiger partial charge < -0.3 is 9.47 Å². The van der Waals surface area contributed by atoms with Gasteiger partial charge in [0.15, 0.2) is 0 Å². The Hall–Kier alpha value is -2.32. The molecule has 3 aromatic carbocycles. The van der Waals surface area contributed by atoms with Crippen LogP contribution < -0.4 is 4.74 Å². The van der Waals surface area contributed by atoms with Crippen molar-refractivity contribution in [3.8, 4) is 5.75 Å². The fraction of sp³-hybridized carbons (Fsp3) is 0.500. The molecule has 7 rings (SSSR count). The largest absolute Gasteiger partial charge is 0.464 e. The van der Waals surface area contributed by atoms with Crippen LogP contribution in [0.2, 0.25) is 0 Å². The molecule has 0 radical (unpaired) electrons. The number of fused-ring (bicyclic) bond motifs is 1. The molecular weight excluding hydrogens is 416 g/mol. The molecule has 4 saturated carbocycles. The number of rotatable bonds is 8. The van der Waals surface area contributed by atoms with Crippen LogP contribution in [0, 0.1) is 23.2 Å². The fourth-order valence-corrected chi connectivity index (χ4v) is 7.54. The zero-order valence-corrected chi connectivity index (χ0v) is 20.7. The van der Waals surface area contributed by atoms with Crippen molar-refractivity contribution in [2.24, 2.45) is 23.2 Å². The van der Waals surface area contributed by atoms with Gasteiger partial charge in [0.25, 0.3) is 0 Å². The summed E-state index contributed by atoms with van der Waals surface area (Å²) in [4.78, 5) is 0. The van der Waals surface area contributed by atoms with Crippen molar-refractivity contribution in [1.82, 2.24) is 0 Å². The van der Waals surface area contributed by atoms with Crippen LogP contribution in [0.25, 0.3) is 10.8 Å². The molecule has 0 spiro atoms. The van der Waals surface area contributed by atoms with Gasteiger partial charge in [-0.2, -0.15) is 0 Å². The summed E-state index contributed by atoms with van der Waals surface area (Å²) in [5.74, 6) is 4.14. The molecule has 0 saturated heterocycles. The molecule has 0 heterocycles. The van der Waals surface area contributed by atoms with Crippen molar-refractivity contribution in [3.63, 3.8) is 0 Å². The van der Waals surface area contributed by atoms with Crippen LogP contribution >= 0.6 is 0 Å². The van der Waals surface area contributed by atoms with E-state index in [0.717, 1.165) is 29.9 Å². The van der Waals surface area contributed by atoms with E-state index in [0.29, 0.717) is 12.5 Å². The van der Waals surface area contributed by atoms with Crippen LogP contribution in [0.4, 0.5) is 0 Å². The lowest BCUT2D eigenvalue weighted by Crippen LogP contribution is -2.54. The predicted octanol–water partition coefficient (Wildman–Crippen LogP) is 8.49. The summed E-state index contributed by atoms with van der Waals surface area (Å²) in [5.41, 5.74) is 2.78. The van der Waals surface area contributed by atoms with Crippen molar-refractivity contribution in [3.05, 3.63) is 77.9 Å². The van der Waals surface area contributed by atoms with Crippen molar-refractivity contribution in [2.75, 3.05) is 0 Å². The molecule has 2 atom stereocenters. The van der Waals surface area contributed by atoms with Crippen LogP contribution in [-0.2, 0) is 11.3 Å². The minimum atomic E-state index is -0.179. The molecule has 4 bridgehead atoms.